The molecule has 0 amide bonds. The van der Waals surface area contributed by atoms with Gasteiger partial charge in [-0.05, 0) is 43.5 Å². The second kappa shape index (κ2) is 8.92. The third-order valence-electron chi connectivity index (χ3n) is 3.99. The van der Waals surface area contributed by atoms with Gasteiger partial charge >= 0.3 is 5.97 Å². The molecule has 0 saturated heterocycles. The van der Waals surface area contributed by atoms with E-state index in [0.29, 0.717) is 29.4 Å². The van der Waals surface area contributed by atoms with Crippen molar-refractivity contribution in [3.63, 3.8) is 0 Å². The zero-order valence-corrected chi connectivity index (χ0v) is 15.0. The SMILES string of the molecule is CCOC(=C(C(=O)Oc1ccc(N)cc1)C(C)CC)c1ccccc1. The first-order valence-electron chi connectivity index (χ1n) is 8.56. The lowest BCUT2D eigenvalue weighted by atomic mass is 9.94. The Kier molecular flexibility index (Phi) is 6.63. The molecule has 1 unspecified atom stereocenters. The molecule has 0 heterocycles. The summed E-state index contributed by atoms with van der Waals surface area (Å²) in [4.78, 5) is 12.9. The number of nitrogen functional groups attached to an aromatic ring is 1. The van der Waals surface area contributed by atoms with Crippen molar-refractivity contribution < 1.29 is 14.3 Å². The van der Waals surface area contributed by atoms with Crippen molar-refractivity contribution in [3.8, 4) is 5.75 Å². The average Bonchev–Trinajstić information content (AvgIpc) is 2.63. The molecule has 0 aliphatic rings. The molecule has 0 radical (unpaired) electrons. The van der Waals surface area contributed by atoms with Crippen LogP contribution in [0.25, 0.3) is 5.76 Å². The highest BCUT2D eigenvalue weighted by atomic mass is 16.5. The number of nitrogens with two attached hydrogens (primary N) is 1. The summed E-state index contributed by atoms with van der Waals surface area (Å²) in [7, 11) is 0. The highest BCUT2D eigenvalue weighted by molar-refractivity contribution is 5.98. The molecular formula is C21H25NO3. The topological polar surface area (TPSA) is 61.5 Å². The van der Waals surface area contributed by atoms with Crippen LogP contribution in [-0.2, 0) is 9.53 Å². The maximum atomic E-state index is 12.9. The van der Waals surface area contributed by atoms with E-state index in [1.54, 1.807) is 24.3 Å². The number of esters is 1. The minimum Gasteiger partial charge on any atom is -0.493 e. The molecule has 2 N–H and O–H groups in total. The minimum atomic E-state index is -0.397. The fourth-order valence-electron chi connectivity index (χ4n) is 2.47. The summed E-state index contributed by atoms with van der Waals surface area (Å²) in [6.45, 7) is 6.42. The number of carbonyl (C=O) groups is 1. The molecule has 0 spiro atoms. The zero-order valence-electron chi connectivity index (χ0n) is 15.0. The molecule has 2 aromatic carbocycles. The quantitative estimate of drug-likeness (QED) is 0.262. The van der Waals surface area contributed by atoms with Crippen LogP contribution in [0.1, 0.15) is 32.8 Å². The molecule has 2 aromatic rings. The van der Waals surface area contributed by atoms with Crippen LogP contribution in [0.2, 0.25) is 0 Å². The molecule has 4 nitrogen and oxygen atoms in total. The van der Waals surface area contributed by atoms with Crippen LogP contribution in [-0.4, -0.2) is 12.6 Å². The summed E-state index contributed by atoms with van der Waals surface area (Å²) < 4.78 is 11.4. The van der Waals surface area contributed by atoms with Crippen molar-refractivity contribution in [2.75, 3.05) is 12.3 Å². The number of ether oxygens (including phenoxy) is 2. The molecule has 1 atom stereocenters. The highest BCUT2D eigenvalue weighted by Crippen LogP contribution is 2.29. The average molecular weight is 339 g/mol. The van der Waals surface area contributed by atoms with E-state index in [2.05, 4.69) is 0 Å². The summed E-state index contributed by atoms with van der Waals surface area (Å²) in [6, 6.07) is 16.4. The Morgan fingerprint density at radius 3 is 2.24 bits per heavy atom. The predicted molar refractivity (Wildman–Crippen MR) is 101 cm³/mol. The Morgan fingerprint density at radius 1 is 1.04 bits per heavy atom. The van der Waals surface area contributed by atoms with Gasteiger partial charge in [0, 0.05) is 11.3 Å². The van der Waals surface area contributed by atoms with Crippen molar-refractivity contribution >= 4 is 17.4 Å². The normalized spacial score (nSPS) is 12.9. The van der Waals surface area contributed by atoms with Gasteiger partial charge in [-0.2, -0.15) is 0 Å². The molecule has 0 bridgehead atoms. The van der Waals surface area contributed by atoms with Gasteiger partial charge in [-0.3, -0.25) is 0 Å². The van der Waals surface area contributed by atoms with Crippen LogP contribution in [0, 0.1) is 5.92 Å². The summed E-state index contributed by atoms with van der Waals surface area (Å²) in [5, 5.41) is 0. The van der Waals surface area contributed by atoms with E-state index in [0.717, 1.165) is 12.0 Å². The first kappa shape index (κ1) is 18.6. The van der Waals surface area contributed by atoms with Gasteiger partial charge < -0.3 is 15.2 Å². The van der Waals surface area contributed by atoms with Crippen LogP contribution in [0.5, 0.6) is 5.75 Å². The van der Waals surface area contributed by atoms with Gasteiger partial charge in [0.15, 0.2) is 0 Å². The number of carbonyl (C=O) groups excluding carboxylic acids is 1. The molecule has 0 saturated carbocycles. The van der Waals surface area contributed by atoms with Crippen molar-refractivity contribution in [2.45, 2.75) is 27.2 Å². The van der Waals surface area contributed by atoms with Crippen LogP contribution in [0.4, 0.5) is 5.69 Å². The molecule has 0 aromatic heterocycles. The molecule has 0 aliphatic heterocycles. The fraction of sp³-hybridized carbons (Fsp3) is 0.286. The number of benzene rings is 2. The number of hydrogen-bond acceptors (Lipinski definition) is 4. The Labute approximate surface area is 149 Å². The van der Waals surface area contributed by atoms with Crippen molar-refractivity contribution in [3.05, 3.63) is 65.7 Å². The molecule has 4 heteroatoms. The molecule has 2 rings (SSSR count). The molecule has 25 heavy (non-hydrogen) atoms. The second-order valence-electron chi connectivity index (χ2n) is 5.81. The molecule has 0 fully saturated rings. The van der Waals surface area contributed by atoms with Gasteiger partial charge in [0.25, 0.3) is 0 Å². The lowest BCUT2D eigenvalue weighted by Crippen LogP contribution is -2.19. The Balaban J connectivity index is 2.44. The van der Waals surface area contributed by atoms with Crippen molar-refractivity contribution in [1.29, 1.82) is 0 Å². The van der Waals surface area contributed by atoms with E-state index in [4.69, 9.17) is 15.2 Å². The van der Waals surface area contributed by atoms with Crippen molar-refractivity contribution in [1.82, 2.24) is 0 Å². The van der Waals surface area contributed by atoms with Gasteiger partial charge in [-0.25, -0.2) is 4.79 Å². The smallest absolute Gasteiger partial charge is 0.343 e. The maximum Gasteiger partial charge on any atom is 0.343 e. The minimum absolute atomic E-state index is 0.00281. The van der Waals surface area contributed by atoms with Gasteiger partial charge in [-0.15, -0.1) is 0 Å². The molecule has 132 valence electrons. The monoisotopic (exact) mass is 339 g/mol. The first-order chi connectivity index (χ1) is 12.1. The molecular weight excluding hydrogens is 314 g/mol. The predicted octanol–water partition coefficient (Wildman–Crippen LogP) is 4.67. The summed E-state index contributed by atoms with van der Waals surface area (Å²) >= 11 is 0. The Morgan fingerprint density at radius 2 is 1.68 bits per heavy atom. The van der Waals surface area contributed by atoms with E-state index >= 15 is 0 Å². The Hall–Kier alpha value is -2.75. The fourth-order valence-corrected chi connectivity index (χ4v) is 2.47. The second-order valence-corrected chi connectivity index (χ2v) is 5.81. The third-order valence-corrected chi connectivity index (χ3v) is 3.99. The van der Waals surface area contributed by atoms with Crippen molar-refractivity contribution in [2.24, 2.45) is 5.92 Å². The largest absolute Gasteiger partial charge is 0.493 e. The number of hydrogen-bond donors (Lipinski definition) is 1. The van der Waals surface area contributed by atoms with Crippen LogP contribution < -0.4 is 10.5 Å². The van der Waals surface area contributed by atoms with E-state index in [1.165, 1.54) is 0 Å². The highest BCUT2D eigenvalue weighted by Gasteiger charge is 2.25. The van der Waals surface area contributed by atoms with E-state index in [1.807, 2.05) is 51.1 Å². The van der Waals surface area contributed by atoms with E-state index in [9.17, 15) is 4.79 Å². The Bertz CT molecular complexity index is 721. The summed E-state index contributed by atoms with van der Waals surface area (Å²) in [6.07, 6.45) is 0.801. The van der Waals surface area contributed by atoms with Gasteiger partial charge in [-0.1, -0.05) is 44.2 Å². The lowest BCUT2D eigenvalue weighted by Gasteiger charge is -2.19. The molecule has 0 aliphatic carbocycles. The number of rotatable bonds is 7. The maximum absolute atomic E-state index is 12.9. The van der Waals surface area contributed by atoms with Crippen LogP contribution in [0.3, 0.4) is 0 Å². The standard InChI is InChI=1S/C21H25NO3/c1-4-15(3)19(20(24-5-2)16-9-7-6-8-10-16)21(23)25-18-13-11-17(22)12-14-18/h6-15H,4-5,22H2,1-3H3. The lowest BCUT2D eigenvalue weighted by molar-refractivity contribution is -0.130. The van der Waals surface area contributed by atoms with Gasteiger partial charge in [0.05, 0.1) is 12.2 Å². The third kappa shape index (κ3) is 4.86. The van der Waals surface area contributed by atoms with E-state index < -0.39 is 5.97 Å². The summed E-state index contributed by atoms with van der Waals surface area (Å²) in [5.41, 5.74) is 7.72. The van der Waals surface area contributed by atoms with Crippen LogP contribution >= 0.6 is 0 Å². The van der Waals surface area contributed by atoms with Gasteiger partial charge in [0.2, 0.25) is 0 Å². The zero-order chi connectivity index (χ0) is 18.2. The van der Waals surface area contributed by atoms with E-state index in [-0.39, 0.29) is 5.92 Å². The van der Waals surface area contributed by atoms with Gasteiger partial charge in [0.1, 0.15) is 11.5 Å². The van der Waals surface area contributed by atoms with Crippen LogP contribution in [0.15, 0.2) is 60.2 Å². The number of anilines is 1. The first-order valence-corrected chi connectivity index (χ1v) is 8.56. The summed E-state index contributed by atoms with van der Waals surface area (Å²) in [5.74, 6) is 0.649.